The number of nitrogens with one attached hydrogen (secondary N) is 1. The lowest BCUT2D eigenvalue weighted by Gasteiger charge is -2.16. The van der Waals surface area contributed by atoms with Crippen molar-refractivity contribution in [3.05, 3.63) is 88.3 Å². The quantitative estimate of drug-likeness (QED) is 0.563. The molecule has 4 nitrogen and oxygen atoms in total. The minimum absolute atomic E-state index is 0.107. The van der Waals surface area contributed by atoms with Crippen LogP contribution >= 0.6 is 0 Å². The topological polar surface area (TPSA) is 47.0 Å². The fourth-order valence-corrected chi connectivity index (χ4v) is 3.45. The Morgan fingerprint density at radius 3 is 2.59 bits per heavy atom. The third-order valence-electron chi connectivity index (χ3n) is 4.90. The van der Waals surface area contributed by atoms with Gasteiger partial charge in [-0.15, -0.1) is 0 Å². The van der Waals surface area contributed by atoms with Crippen LogP contribution in [0.25, 0.3) is 22.2 Å². The first kappa shape index (κ1) is 17.2. The molecule has 0 spiro atoms. The summed E-state index contributed by atoms with van der Waals surface area (Å²) in [4.78, 5) is 15.0. The average molecular weight is 358 g/mol. The van der Waals surface area contributed by atoms with E-state index < -0.39 is 0 Å². The summed E-state index contributed by atoms with van der Waals surface area (Å²) in [6.45, 7) is 2.56. The van der Waals surface area contributed by atoms with E-state index in [0.29, 0.717) is 6.61 Å². The molecule has 0 aliphatic heterocycles. The van der Waals surface area contributed by atoms with Gasteiger partial charge in [-0.1, -0.05) is 43.3 Å². The van der Waals surface area contributed by atoms with E-state index in [1.165, 1.54) is 0 Å². The minimum Gasteiger partial charge on any atom is -0.487 e. The summed E-state index contributed by atoms with van der Waals surface area (Å²) in [5, 5.41) is 1.04. The van der Waals surface area contributed by atoms with Crippen molar-refractivity contribution in [2.24, 2.45) is 7.05 Å². The van der Waals surface area contributed by atoms with Crippen LogP contribution in [0.5, 0.6) is 5.75 Å². The number of aromatic nitrogens is 2. The van der Waals surface area contributed by atoms with Crippen molar-refractivity contribution in [1.82, 2.24) is 9.55 Å². The van der Waals surface area contributed by atoms with Crippen molar-refractivity contribution in [2.45, 2.75) is 20.0 Å². The summed E-state index contributed by atoms with van der Waals surface area (Å²) in [6.07, 6.45) is 2.86. The van der Waals surface area contributed by atoms with E-state index in [-0.39, 0.29) is 5.56 Å². The molecule has 1 N–H and O–H groups in total. The standard InChI is InChI=1S/C23H22N2O2/c1-3-17-9-12-21(26)24-22(17)19-10-11-20-18(13-14-25(20)2)23(19)27-15-16-7-5-4-6-8-16/h4-14H,3,15H2,1-2H3,(H,24,26). The summed E-state index contributed by atoms with van der Waals surface area (Å²) >= 11 is 0. The molecule has 2 aromatic carbocycles. The summed E-state index contributed by atoms with van der Waals surface area (Å²) in [7, 11) is 2.02. The van der Waals surface area contributed by atoms with E-state index in [4.69, 9.17) is 4.74 Å². The van der Waals surface area contributed by atoms with Gasteiger partial charge in [-0.05, 0) is 35.7 Å². The van der Waals surface area contributed by atoms with Crippen LogP contribution in [-0.4, -0.2) is 9.55 Å². The lowest BCUT2D eigenvalue weighted by atomic mass is 10.0. The Balaban J connectivity index is 1.88. The second-order valence-electron chi connectivity index (χ2n) is 6.65. The van der Waals surface area contributed by atoms with Gasteiger partial charge in [0, 0.05) is 30.3 Å². The van der Waals surface area contributed by atoms with Crippen molar-refractivity contribution in [3.63, 3.8) is 0 Å². The second-order valence-corrected chi connectivity index (χ2v) is 6.65. The van der Waals surface area contributed by atoms with Crippen molar-refractivity contribution in [2.75, 3.05) is 0 Å². The molecule has 0 saturated heterocycles. The molecule has 4 aromatic rings. The van der Waals surface area contributed by atoms with Gasteiger partial charge in [-0.25, -0.2) is 0 Å². The number of ether oxygens (including phenoxy) is 1. The maximum absolute atomic E-state index is 12.0. The van der Waals surface area contributed by atoms with Gasteiger partial charge < -0.3 is 14.3 Å². The average Bonchev–Trinajstić information content (AvgIpc) is 3.08. The Labute approximate surface area is 158 Å². The fraction of sp³-hybridized carbons (Fsp3) is 0.174. The monoisotopic (exact) mass is 358 g/mol. The van der Waals surface area contributed by atoms with Gasteiger partial charge in [0.1, 0.15) is 12.4 Å². The minimum atomic E-state index is -0.107. The van der Waals surface area contributed by atoms with Gasteiger partial charge in [0.25, 0.3) is 0 Å². The molecular weight excluding hydrogens is 336 g/mol. The van der Waals surface area contributed by atoms with Gasteiger partial charge in [-0.3, -0.25) is 4.79 Å². The number of fused-ring (bicyclic) bond motifs is 1. The van der Waals surface area contributed by atoms with Crippen LogP contribution in [-0.2, 0) is 20.1 Å². The second kappa shape index (κ2) is 7.16. The third-order valence-corrected chi connectivity index (χ3v) is 4.90. The number of rotatable bonds is 5. The number of aryl methyl sites for hydroxylation is 2. The van der Waals surface area contributed by atoms with E-state index in [9.17, 15) is 4.79 Å². The van der Waals surface area contributed by atoms with Crippen molar-refractivity contribution >= 4 is 10.9 Å². The molecule has 2 aromatic heterocycles. The number of H-pyrrole nitrogens is 1. The smallest absolute Gasteiger partial charge is 0.248 e. The maximum Gasteiger partial charge on any atom is 0.248 e. The number of hydrogen-bond acceptors (Lipinski definition) is 2. The third kappa shape index (κ3) is 3.26. The van der Waals surface area contributed by atoms with Crippen molar-refractivity contribution < 1.29 is 4.74 Å². The highest BCUT2D eigenvalue weighted by Crippen LogP contribution is 2.38. The van der Waals surface area contributed by atoms with E-state index in [1.807, 2.05) is 55.7 Å². The number of pyridine rings is 1. The predicted octanol–water partition coefficient (Wildman–Crippen LogP) is 4.68. The van der Waals surface area contributed by atoms with E-state index in [2.05, 4.69) is 28.6 Å². The van der Waals surface area contributed by atoms with Crippen LogP contribution in [0.15, 0.2) is 71.7 Å². The van der Waals surface area contributed by atoms with Crippen LogP contribution in [0, 0.1) is 0 Å². The Kier molecular flexibility index (Phi) is 4.55. The molecular formula is C23H22N2O2. The first-order valence-electron chi connectivity index (χ1n) is 9.14. The zero-order chi connectivity index (χ0) is 18.8. The van der Waals surface area contributed by atoms with Gasteiger partial charge >= 0.3 is 0 Å². The van der Waals surface area contributed by atoms with Gasteiger partial charge in [-0.2, -0.15) is 0 Å². The normalized spacial score (nSPS) is 11.0. The Hall–Kier alpha value is -3.27. The van der Waals surface area contributed by atoms with Crippen LogP contribution < -0.4 is 10.3 Å². The molecule has 2 heterocycles. The summed E-state index contributed by atoms with van der Waals surface area (Å²) in [5.41, 5.74) is 4.93. The Bertz CT molecular complexity index is 1140. The lowest BCUT2D eigenvalue weighted by Crippen LogP contribution is -2.08. The van der Waals surface area contributed by atoms with Crippen LogP contribution in [0.4, 0.5) is 0 Å². The highest BCUT2D eigenvalue weighted by atomic mass is 16.5. The molecule has 0 fully saturated rings. The fourth-order valence-electron chi connectivity index (χ4n) is 3.45. The lowest BCUT2D eigenvalue weighted by molar-refractivity contribution is 0.311. The van der Waals surface area contributed by atoms with Gasteiger partial charge in [0.05, 0.1) is 11.2 Å². The highest BCUT2D eigenvalue weighted by Gasteiger charge is 2.16. The number of aromatic amines is 1. The molecule has 4 heteroatoms. The van der Waals surface area contributed by atoms with Crippen molar-refractivity contribution in [1.29, 1.82) is 0 Å². The molecule has 136 valence electrons. The first-order valence-corrected chi connectivity index (χ1v) is 9.14. The highest BCUT2D eigenvalue weighted by molar-refractivity contribution is 5.93. The molecule has 0 atom stereocenters. The van der Waals surface area contributed by atoms with Crippen molar-refractivity contribution in [3.8, 4) is 17.0 Å². The largest absolute Gasteiger partial charge is 0.487 e. The molecule has 0 bridgehead atoms. The molecule has 27 heavy (non-hydrogen) atoms. The molecule has 0 amide bonds. The number of hydrogen-bond donors (Lipinski definition) is 1. The first-order chi connectivity index (χ1) is 13.2. The zero-order valence-corrected chi connectivity index (χ0v) is 15.5. The molecule has 0 unspecified atom stereocenters. The number of benzene rings is 2. The molecule has 0 aliphatic carbocycles. The Morgan fingerprint density at radius 2 is 1.81 bits per heavy atom. The SMILES string of the molecule is CCc1ccc(=O)[nH]c1-c1ccc2c(ccn2C)c1OCc1ccccc1. The predicted molar refractivity (Wildman–Crippen MR) is 109 cm³/mol. The molecule has 0 radical (unpaired) electrons. The van der Waals surface area contributed by atoms with E-state index in [0.717, 1.165) is 45.5 Å². The number of nitrogens with zero attached hydrogens (tertiary/aromatic N) is 1. The Morgan fingerprint density at radius 1 is 1.00 bits per heavy atom. The van der Waals surface area contributed by atoms with Crippen LogP contribution in [0.2, 0.25) is 0 Å². The molecule has 4 rings (SSSR count). The van der Waals surface area contributed by atoms with Gasteiger partial charge in [0.2, 0.25) is 5.56 Å². The summed E-state index contributed by atoms with van der Waals surface area (Å²) in [6, 6.07) is 19.7. The zero-order valence-electron chi connectivity index (χ0n) is 15.5. The molecule has 0 saturated carbocycles. The summed E-state index contributed by atoms with van der Waals surface area (Å²) in [5.74, 6) is 0.800. The van der Waals surface area contributed by atoms with Gasteiger partial charge in [0.15, 0.2) is 0 Å². The van der Waals surface area contributed by atoms with Crippen LogP contribution in [0.3, 0.4) is 0 Å². The van der Waals surface area contributed by atoms with Crippen LogP contribution in [0.1, 0.15) is 18.1 Å². The van der Waals surface area contributed by atoms with E-state index in [1.54, 1.807) is 6.07 Å². The van der Waals surface area contributed by atoms with E-state index >= 15 is 0 Å². The molecule has 0 aliphatic rings. The maximum atomic E-state index is 12.0. The summed E-state index contributed by atoms with van der Waals surface area (Å²) < 4.78 is 8.38.